The average Bonchev–Trinajstić information content (AvgIpc) is 3.09. The van der Waals surface area contributed by atoms with Gasteiger partial charge in [-0.1, -0.05) is 17.4 Å². The number of thiazole rings is 1. The molecule has 2 unspecified atom stereocenters. The van der Waals surface area contributed by atoms with Gasteiger partial charge in [-0.25, -0.2) is 4.98 Å². The first-order valence-electron chi connectivity index (χ1n) is 9.38. The number of aromatic nitrogens is 2. The summed E-state index contributed by atoms with van der Waals surface area (Å²) in [7, 11) is 1.65. The Kier molecular flexibility index (Phi) is 4.40. The fraction of sp³-hybridized carbons (Fsp3) is 0.400. The molecule has 9 heteroatoms. The summed E-state index contributed by atoms with van der Waals surface area (Å²) in [4.78, 5) is 13.0. The molecule has 2 bridgehead atoms. The molecular formula is C20H19F3N4OS. The van der Waals surface area contributed by atoms with Gasteiger partial charge in [0.25, 0.3) is 0 Å². The van der Waals surface area contributed by atoms with E-state index < -0.39 is 11.9 Å². The van der Waals surface area contributed by atoms with Crippen LogP contribution in [0.15, 0.2) is 36.5 Å². The second kappa shape index (κ2) is 6.84. The SMILES string of the molecule is COc1ccc2sc(N3C4CC3CN(Cc3ccc(C(F)(F)F)nc3)C4)nc2c1. The first-order chi connectivity index (χ1) is 13.9. The molecule has 0 radical (unpaired) electrons. The van der Waals surface area contributed by atoms with Gasteiger partial charge >= 0.3 is 6.18 Å². The van der Waals surface area contributed by atoms with E-state index in [1.165, 1.54) is 12.3 Å². The van der Waals surface area contributed by atoms with Gasteiger partial charge < -0.3 is 9.64 Å². The molecule has 0 spiro atoms. The summed E-state index contributed by atoms with van der Waals surface area (Å²) < 4.78 is 44.4. The number of piperidine rings is 1. The summed E-state index contributed by atoms with van der Waals surface area (Å²) in [6, 6.07) is 9.29. The molecule has 2 aromatic heterocycles. The third-order valence-electron chi connectivity index (χ3n) is 5.59. The lowest BCUT2D eigenvalue weighted by Crippen LogP contribution is -2.68. The van der Waals surface area contributed by atoms with Crippen molar-refractivity contribution in [3.63, 3.8) is 0 Å². The Morgan fingerprint density at radius 3 is 2.62 bits per heavy atom. The number of rotatable bonds is 4. The van der Waals surface area contributed by atoms with E-state index in [-0.39, 0.29) is 0 Å². The number of nitrogens with zero attached hydrogens (tertiary/aromatic N) is 4. The largest absolute Gasteiger partial charge is 0.497 e. The number of hydrogen-bond acceptors (Lipinski definition) is 6. The van der Waals surface area contributed by atoms with Crippen molar-refractivity contribution in [3.05, 3.63) is 47.8 Å². The second-order valence-corrected chi connectivity index (χ2v) is 8.53. The topological polar surface area (TPSA) is 41.5 Å². The van der Waals surface area contributed by atoms with Crippen LogP contribution in [-0.4, -0.2) is 47.2 Å². The van der Waals surface area contributed by atoms with Crippen LogP contribution in [0.2, 0.25) is 0 Å². The molecule has 0 amide bonds. The normalized spacial score (nSPS) is 22.0. The Hall–Kier alpha value is -2.39. The van der Waals surface area contributed by atoms with Gasteiger partial charge in [0.1, 0.15) is 11.4 Å². The third kappa shape index (κ3) is 3.42. The van der Waals surface area contributed by atoms with Crippen LogP contribution in [0.5, 0.6) is 5.75 Å². The number of halogens is 3. The molecule has 0 N–H and O–H groups in total. The van der Waals surface area contributed by atoms with E-state index in [0.717, 1.165) is 52.2 Å². The van der Waals surface area contributed by atoms with Crippen molar-refractivity contribution in [2.24, 2.45) is 0 Å². The highest BCUT2D eigenvalue weighted by atomic mass is 32.1. The van der Waals surface area contributed by atoms with Crippen molar-refractivity contribution in [2.45, 2.75) is 31.2 Å². The van der Waals surface area contributed by atoms with Gasteiger partial charge in [-0.3, -0.25) is 9.88 Å². The number of anilines is 1. The van der Waals surface area contributed by atoms with Crippen LogP contribution in [0.1, 0.15) is 17.7 Å². The molecule has 5 nitrogen and oxygen atoms in total. The summed E-state index contributed by atoms with van der Waals surface area (Å²) in [5.74, 6) is 0.800. The monoisotopic (exact) mass is 420 g/mol. The fourth-order valence-corrected chi connectivity index (χ4v) is 5.30. The van der Waals surface area contributed by atoms with E-state index in [1.54, 1.807) is 18.4 Å². The minimum atomic E-state index is -4.40. The molecule has 29 heavy (non-hydrogen) atoms. The quantitative estimate of drug-likeness (QED) is 0.633. The van der Waals surface area contributed by atoms with Gasteiger partial charge in [0.05, 0.1) is 17.3 Å². The molecule has 3 saturated heterocycles. The number of hydrogen-bond donors (Lipinski definition) is 0. The highest BCUT2D eigenvalue weighted by molar-refractivity contribution is 7.22. The summed E-state index contributed by atoms with van der Waals surface area (Å²) in [5.41, 5.74) is 0.904. The molecule has 3 aromatic rings. The van der Waals surface area contributed by atoms with Gasteiger partial charge in [-0.15, -0.1) is 0 Å². The van der Waals surface area contributed by atoms with Gasteiger partial charge in [-0.2, -0.15) is 13.2 Å². The maximum atomic E-state index is 12.7. The highest BCUT2D eigenvalue weighted by Crippen LogP contribution is 2.41. The molecule has 0 aliphatic carbocycles. The lowest BCUT2D eigenvalue weighted by molar-refractivity contribution is -0.141. The van der Waals surface area contributed by atoms with Crippen LogP contribution < -0.4 is 9.64 Å². The van der Waals surface area contributed by atoms with E-state index in [0.29, 0.717) is 18.6 Å². The van der Waals surface area contributed by atoms with E-state index in [1.807, 2.05) is 18.2 Å². The minimum Gasteiger partial charge on any atom is -0.497 e. The zero-order chi connectivity index (χ0) is 20.2. The number of piperazine rings is 1. The number of benzene rings is 1. The van der Waals surface area contributed by atoms with E-state index in [9.17, 15) is 13.2 Å². The van der Waals surface area contributed by atoms with Crippen molar-refractivity contribution in [3.8, 4) is 5.75 Å². The van der Waals surface area contributed by atoms with Crippen molar-refractivity contribution in [1.29, 1.82) is 0 Å². The first kappa shape index (κ1) is 18.6. The Bertz CT molecular complexity index is 1020. The molecule has 3 aliphatic rings. The molecule has 1 aromatic carbocycles. The first-order valence-corrected chi connectivity index (χ1v) is 10.2. The van der Waals surface area contributed by atoms with Crippen LogP contribution in [0.3, 0.4) is 0 Å². The van der Waals surface area contributed by atoms with Crippen LogP contribution in [0, 0.1) is 0 Å². The average molecular weight is 420 g/mol. The number of pyridine rings is 1. The Morgan fingerprint density at radius 2 is 1.97 bits per heavy atom. The number of ether oxygens (including phenoxy) is 1. The van der Waals surface area contributed by atoms with Crippen molar-refractivity contribution in [2.75, 3.05) is 25.1 Å². The van der Waals surface area contributed by atoms with E-state index in [2.05, 4.69) is 14.8 Å². The number of fused-ring (bicyclic) bond motifs is 3. The van der Waals surface area contributed by atoms with Gasteiger partial charge in [-0.05, 0) is 30.2 Å². The van der Waals surface area contributed by atoms with Crippen molar-refractivity contribution in [1.82, 2.24) is 14.9 Å². The summed E-state index contributed by atoms with van der Waals surface area (Å²) in [6.07, 6.45) is -1.93. The molecule has 3 fully saturated rings. The molecule has 2 atom stereocenters. The van der Waals surface area contributed by atoms with E-state index >= 15 is 0 Å². The highest BCUT2D eigenvalue weighted by Gasteiger charge is 2.45. The van der Waals surface area contributed by atoms with Gasteiger partial charge in [0.15, 0.2) is 5.13 Å². The lowest BCUT2D eigenvalue weighted by Gasteiger charge is -2.56. The van der Waals surface area contributed by atoms with Crippen LogP contribution in [-0.2, 0) is 12.7 Å². The second-order valence-electron chi connectivity index (χ2n) is 7.52. The van der Waals surface area contributed by atoms with Crippen molar-refractivity contribution < 1.29 is 17.9 Å². The molecule has 6 rings (SSSR count). The summed E-state index contributed by atoms with van der Waals surface area (Å²) >= 11 is 1.69. The maximum Gasteiger partial charge on any atom is 0.433 e. The molecular weight excluding hydrogens is 401 g/mol. The smallest absolute Gasteiger partial charge is 0.433 e. The molecule has 0 saturated carbocycles. The molecule has 152 valence electrons. The zero-order valence-electron chi connectivity index (χ0n) is 15.7. The predicted molar refractivity (Wildman–Crippen MR) is 105 cm³/mol. The third-order valence-corrected chi connectivity index (χ3v) is 6.64. The Balaban J connectivity index is 1.26. The van der Waals surface area contributed by atoms with Gasteiger partial charge in [0.2, 0.25) is 0 Å². The number of alkyl halides is 3. The minimum absolute atomic E-state index is 0.388. The molecule has 5 heterocycles. The summed E-state index contributed by atoms with van der Waals surface area (Å²) in [6.45, 7) is 2.36. The lowest BCUT2D eigenvalue weighted by atomic mass is 9.88. The Morgan fingerprint density at radius 1 is 1.17 bits per heavy atom. The Labute approximate surface area is 169 Å². The zero-order valence-corrected chi connectivity index (χ0v) is 16.5. The van der Waals surface area contributed by atoms with Crippen LogP contribution >= 0.6 is 11.3 Å². The standard InChI is InChI=1S/C20H19F3N4OS/c1-28-15-3-4-17-16(7-15)25-19(29-17)27-13-6-14(27)11-26(10-13)9-12-2-5-18(24-8-12)20(21,22)23/h2-5,7-8,13-14H,6,9-11H2,1H3. The van der Waals surface area contributed by atoms with Crippen LogP contribution in [0.4, 0.5) is 18.3 Å². The molecule has 3 aliphatic heterocycles. The number of methoxy groups -OCH3 is 1. The van der Waals surface area contributed by atoms with Crippen LogP contribution in [0.25, 0.3) is 10.2 Å². The van der Waals surface area contributed by atoms with E-state index in [4.69, 9.17) is 9.72 Å². The predicted octanol–water partition coefficient (Wildman–Crippen LogP) is 4.18. The maximum absolute atomic E-state index is 12.7. The summed E-state index contributed by atoms with van der Waals surface area (Å²) in [5, 5.41) is 1.03. The van der Waals surface area contributed by atoms with Crippen molar-refractivity contribution >= 4 is 26.7 Å². The fourth-order valence-electron chi connectivity index (χ4n) is 4.21. The van der Waals surface area contributed by atoms with Gasteiger partial charge in [0, 0.05) is 44.0 Å².